The Labute approximate surface area is 73.6 Å². The van der Waals surface area contributed by atoms with Crippen molar-refractivity contribution in [2.45, 2.75) is 12.2 Å². The van der Waals surface area contributed by atoms with Crippen LogP contribution in [0.5, 0.6) is 0 Å². The van der Waals surface area contributed by atoms with Crippen molar-refractivity contribution in [3.05, 3.63) is 12.2 Å². The van der Waals surface area contributed by atoms with Crippen LogP contribution in [0, 0.1) is 11.8 Å². The van der Waals surface area contributed by atoms with Crippen molar-refractivity contribution in [1.29, 1.82) is 0 Å². The first-order valence-corrected chi connectivity index (χ1v) is 3.90. The number of carboxylic acid groups (broad SMARTS) is 2. The molecule has 2 aliphatic rings. The van der Waals surface area contributed by atoms with Gasteiger partial charge in [0, 0.05) is 0 Å². The highest BCUT2D eigenvalue weighted by atomic mass is 16.5. The standard InChI is InChI=1S/C8H8O5/c9-7(10)5-3-1-2-4(13-3)6(5)8(11)12/h1-6H,(H,9,10)(H,11,12)/t3-,4+,5+,6-. The van der Waals surface area contributed by atoms with E-state index in [-0.39, 0.29) is 0 Å². The minimum atomic E-state index is -1.11. The van der Waals surface area contributed by atoms with Crippen LogP contribution < -0.4 is 0 Å². The summed E-state index contributed by atoms with van der Waals surface area (Å²) in [6, 6.07) is 0. The monoisotopic (exact) mass is 184 g/mol. The largest absolute Gasteiger partial charge is 0.481 e. The summed E-state index contributed by atoms with van der Waals surface area (Å²) >= 11 is 0. The summed E-state index contributed by atoms with van der Waals surface area (Å²) in [6.07, 6.45) is 2.10. The van der Waals surface area contributed by atoms with Crippen molar-refractivity contribution in [3.8, 4) is 0 Å². The summed E-state index contributed by atoms with van der Waals surface area (Å²) in [6.45, 7) is 0. The topological polar surface area (TPSA) is 83.8 Å². The third-order valence-electron chi connectivity index (χ3n) is 2.47. The lowest BCUT2D eigenvalue weighted by Crippen LogP contribution is -2.36. The van der Waals surface area contributed by atoms with Crippen LogP contribution in [0.2, 0.25) is 0 Å². The van der Waals surface area contributed by atoms with Crippen LogP contribution in [0.25, 0.3) is 0 Å². The second-order valence-corrected chi connectivity index (χ2v) is 3.18. The summed E-state index contributed by atoms with van der Waals surface area (Å²) in [5.74, 6) is -4.09. The summed E-state index contributed by atoms with van der Waals surface area (Å²) in [7, 11) is 0. The highest BCUT2D eigenvalue weighted by molar-refractivity contribution is 5.82. The van der Waals surface area contributed by atoms with Crippen LogP contribution >= 0.6 is 0 Å². The maximum absolute atomic E-state index is 10.7. The van der Waals surface area contributed by atoms with Crippen LogP contribution in [0.4, 0.5) is 0 Å². The van der Waals surface area contributed by atoms with Gasteiger partial charge in [0.25, 0.3) is 0 Å². The first-order valence-electron chi connectivity index (χ1n) is 3.90. The Balaban J connectivity index is 2.30. The fourth-order valence-electron chi connectivity index (χ4n) is 1.90. The molecule has 5 heteroatoms. The van der Waals surface area contributed by atoms with E-state index in [9.17, 15) is 9.59 Å². The number of hydrogen-bond acceptors (Lipinski definition) is 3. The van der Waals surface area contributed by atoms with E-state index < -0.39 is 36.0 Å². The molecule has 0 aromatic rings. The lowest BCUT2D eigenvalue weighted by molar-refractivity contribution is -0.152. The number of carbonyl (C=O) groups is 2. The third-order valence-corrected chi connectivity index (χ3v) is 2.47. The van der Waals surface area contributed by atoms with Crippen molar-refractivity contribution in [3.63, 3.8) is 0 Å². The number of aliphatic carboxylic acids is 2. The lowest BCUT2D eigenvalue weighted by Gasteiger charge is -2.16. The predicted octanol–water partition coefficient (Wildman–Crippen LogP) is -0.275. The van der Waals surface area contributed by atoms with E-state index in [2.05, 4.69) is 0 Å². The predicted molar refractivity (Wildman–Crippen MR) is 40.1 cm³/mol. The van der Waals surface area contributed by atoms with E-state index in [4.69, 9.17) is 14.9 Å². The molecule has 70 valence electrons. The zero-order valence-electron chi connectivity index (χ0n) is 6.58. The second-order valence-electron chi connectivity index (χ2n) is 3.18. The third kappa shape index (κ3) is 1.04. The smallest absolute Gasteiger partial charge is 0.310 e. The van der Waals surface area contributed by atoms with Gasteiger partial charge >= 0.3 is 11.9 Å². The Morgan fingerprint density at radius 2 is 1.38 bits per heavy atom. The second kappa shape index (κ2) is 2.56. The summed E-state index contributed by atoms with van der Waals surface area (Å²) in [5.41, 5.74) is 0. The molecular formula is C8H8O5. The van der Waals surface area contributed by atoms with Gasteiger partial charge in [-0.05, 0) is 0 Å². The van der Waals surface area contributed by atoms with E-state index in [0.717, 1.165) is 0 Å². The molecule has 0 aromatic carbocycles. The Hall–Kier alpha value is -1.36. The average Bonchev–Trinajstić information content (AvgIpc) is 2.60. The summed E-state index contributed by atoms with van der Waals surface area (Å²) in [4.78, 5) is 21.5. The van der Waals surface area contributed by atoms with E-state index in [0.29, 0.717) is 0 Å². The van der Waals surface area contributed by atoms with Gasteiger partial charge in [0.05, 0.1) is 12.2 Å². The van der Waals surface area contributed by atoms with Crippen molar-refractivity contribution < 1.29 is 24.5 Å². The van der Waals surface area contributed by atoms with Crippen LogP contribution in [0.15, 0.2) is 12.2 Å². The quantitative estimate of drug-likeness (QED) is 0.577. The maximum Gasteiger partial charge on any atom is 0.310 e. The molecule has 0 aliphatic carbocycles. The minimum absolute atomic E-state index is 0.566. The van der Waals surface area contributed by atoms with Crippen LogP contribution in [0.1, 0.15) is 0 Å². The molecule has 13 heavy (non-hydrogen) atoms. The molecule has 5 nitrogen and oxygen atoms in total. The molecular weight excluding hydrogens is 176 g/mol. The first kappa shape index (κ1) is 8.25. The molecule has 4 atom stereocenters. The van der Waals surface area contributed by atoms with Gasteiger partial charge in [0.15, 0.2) is 0 Å². The number of carboxylic acids is 2. The molecule has 0 unspecified atom stereocenters. The van der Waals surface area contributed by atoms with Gasteiger partial charge < -0.3 is 14.9 Å². The number of ether oxygens (including phenoxy) is 1. The van der Waals surface area contributed by atoms with Gasteiger partial charge in [0.2, 0.25) is 0 Å². The van der Waals surface area contributed by atoms with E-state index in [1.165, 1.54) is 0 Å². The van der Waals surface area contributed by atoms with Gasteiger partial charge in [0.1, 0.15) is 11.8 Å². The van der Waals surface area contributed by atoms with E-state index in [1.807, 2.05) is 0 Å². The Bertz CT molecular complexity index is 267. The molecule has 0 amide bonds. The van der Waals surface area contributed by atoms with Crippen LogP contribution in [0.3, 0.4) is 0 Å². The molecule has 2 heterocycles. The molecule has 0 radical (unpaired) electrons. The van der Waals surface area contributed by atoms with Crippen molar-refractivity contribution in [2.75, 3.05) is 0 Å². The zero-order chi connectivity index (χ0) is 9.59. The van der Waals surface area contributed by atoms with Gasteiger partial charge in [-0.15, -0.1) is 0 Å². The number of rotatable bonds is 2. The highest BCUT2D eigenvalue weighted by Gasteiger charge is 2.53. The maximum atomic E-state index is 10.7. The number of hydrogen-bond donors (Lipinski definition) is 2. The summed E-state index contributed by atoms with van der Waals surface area (Å²) < 4.78 is 5.15. The molecule has 1 saturated heterocycles. The zero-order valence-corrected chi connectivity index (χ0v) is 6.58. The van der Waals surface area contributed by atoms with Gasteiger partial charge in [-0.2, -0.15) is 0 Å². The first-order chi connectivity index (χ1) is 6.11. The fraction of sp³-hybridized carbons (Fsp3) is 0.500. The fourth-order valence-corrected chi connectivity index (χ4v) is 1.90. The molecule has 2 aliphatic heterocycles. The average molecular weight is 184 g/mol. The van der Waals surface area contributed by atoms with Crippen molar-refractivity contribution >= 4 is 11.9 Å². The van der Waals surface area contributed by atoms with Crippen molar-refractivity contribution in [2.24, 2.45) is 11.8 Å². The number of fused-ring (bicyclic) bond motifs is 2. The van der Waals surface area contributed by atoms with Crippen LogP contribution in [-0.4, -0.2) is 34.4 Å². The molecule has 2 N–H and O–H groups in total. The van der Waals surface area contributed by atoms with Crippen LogP contribution in [-0.2, 0) is 14.3 Å². The minimum Gasteiger partial charge on any atom is -0.481 e. The van der Waals surface area contributed by atoms with Crippen molar-refractivity contribution in [1.82, 2.24) is 0 Å². The lowest BCUT2D eigenvalue weighted by atomic mass is 9.83. The Morgan fingerprint density at radius 1 is 1.00 bits per heavy atom. The Morgan fingerprint density at radius 3 is 1.69 bits per heavy atom. The van der Waals surface area contributed by atoms with Gasteiger partial charge in [-0.3, -0.25) is 9.59 Å². The van der Waals surface area contributed by atoms with Gasteiger partial charge in [-0.1, -0.05) is 12.2 Å². The molecule has 2 bridgehead atoms. The Kier molecular flexibility index (Phi) is 1.63. The molecule has 2 rings (SSSR count). The molecule has 0 spiro atoms. The van der Waals surface area contributed by atoms with E-state index >= 15 is 0 Å². The van der Waals surface area contributed by atoms with Gasteiger partial charge in [-0.25, -0.2) is 0 Å². The molecule has 0 saturated carbocycles. The molecule has 0 aromatic heterocycles. The SMILES string of the molecule is O=C(O)[C@@H]1[C@H](C(=O)O)[C@@H]2C=C[C@H]1O2. The van der Waals surface area contributed by atoms with E-state index in [1.54, 1.807) is 12.2 Å². The highest BCUT2D eigenvalue weighted by Crippen LogP contribution is 2.39. The normalized spacial score (nSPS) is 40.9. The summed E-state index contributed by atoms with van der Waals surface area (Å²) in [5, 5.41) is 17.6. The molecule has 1 fully saturated rings.